The molecule has 5 nitrogen and oxygen atoms in total. The molecule has 0 atom stereocenters. The van der Waals surface area contributed by atoms with E-state index in [0.29, 0.717) is 17.7 Å². The number of rotatable bonds is 8. The monoisotopic (exact) mass is 409 g/mol. The molecule has 0 aromatic heterocycles. The second-order valence-electron chi connectivity index (χ2n) is 7.07. The SMILES string of the molecule is CSc1ccc(C2=CCN(CCCC(=O)Nc3ccccc3C(N)=O)CC2)cc1. The second kappa shape index (κ2) is 10.3. The van der Waals surface area contributed by atoms with Crippen molar-refractivity contribution in [2.24, 2.45) is 5.73 Å². The molecule has 3 rings (SSSR count). The highest BCUT2D eigenvalue weighted by molar-refractivity contribution is 7.98. The molecular formula is C23H27N3O2S. The molecule has 1 heterocycles. The van der Waals surface area contributed by atoms with Crippen molar-refractivity contribution in [1.82, 2.24) is 4.90 Å². The lowest BCUT2D eigenvalue weighted by Gasteiger charge is -2.26. The number of nitrogens with one attached hydrogen (secondary N) is 1. The van der Waals surface area contributed by atoms with Gasteiger partial charge in [0.1, 0.15) is 0 Å². The number of thioether (sulfide) groups is 1. The van der Waals surface area contributed by atoms with Gasteiger partial charge in [-0.1, -0.05) is 30.3 Å². The quantitative estimate of drug-likeness (QED) is 0.646. The maximum absolute atomic E-state index is 12.2. The molecule has 0 fully saturated rings. The predicted octanol–water partition coefficient (Wildman–Crippen LogP) is 4.02. The number of nitrogens with two attached hydrogens (primary N) is 1. The zero-order valence-corrected chi connectivity index (χ0v) is 17.5. The molecule has 0 unspecified atom stereocenters. The lowest BCUT2D eigenvalue weighted by atomic mass is 9.99. The van der Waals surface area contributed by atoms with E-state index < -0.39 is 5.91 Å². The van der Waals surface area contributed by atoms with Crippen LogP contribution in [-0.2, 0) is 4.79 Å². The van der Waals surface area contributed by atoms with Crippen molar-refractivity contribution in [3.05, 3.63) is 65.7 Å². The van der Waals surface area contributed by atoms with Crippen molar-refractivity contribution >= 4 is 34.8 Å². The summed E-state index contributed by atoms with van der Waals surface area (Å²) in [7, 11) is 0. The minimum absolute atomic E-state index is 0.0965. The highest BCUT2D eigenvalue weighted by Gasteiger charge is 2.14. The topological polar surface area (TPSA) is 75.4 Å². The molecule has 1 aliphatic rings. The Hall–Kier alpha value is -2.57. The smallest absolute Gasteiger partial charge is 0.250 e. The van der Waals surface area contributed by atoms with Crippen molar-refractivity contribution < 1.29 is 9.59 Å². The molecule has 1 aliphatic heterocycles. The zero-order valence-electron chi connectivity index (χ0n) is 16.7. The minimum atomic E-state index is -0.542. The maximum Gasteiger partial charge on any atom is 0.250 e. The molecule has 0 saturated heterocycles. The molecule has 2 amide bonds. The van der Waals surface area contributed by atoms with Crippen LogP contribution in [0.15, 0.2) is 59.5 Å². The first-order valence-electron chi connectivity index (χ1n) is 9.81. The van der Waals surface area contributed by atoms with Gasteiger partial charge in [0.05, 0.1) is 11.3 Å². The molecule has 0 aliphatic carbocycles. The van der Waals surface area contributed by atoms with Crippen LogP contribution in [0.1, 0.15) is 35.2 Å². The summed E-state index contributed by atoms with van der Waals surface area (Å²) in [5.41, 5.74) is 8.86. The molecule has 0 spiro atoms. The first-order valence-corrected chi connectivity index (χ1v) is 11.0. The van der Waals surface area contributed by atoms with E-state index >= 15 is 0 Å². The normalized spacial score (nSPS) is 14.3. The van der Waals surface area contributed by atoms with E-state index in [1.54, 1.807) is 36.0 Å². The maximum atomic E-state index is 12.2. The van der Waals surface area contributed by atoms with Crippen LogP contribution in [0, 0.1) is 0 Å². The summed E-state index contributed by atoms with van der Waals surface area (Å²) >= 11 is 1.76. The fraction of sp³-hybridized carbons (Fsp3) is 0.304. The van der Waals surface area contributed by atoms with Crippen LogP contribution in [0.4, 0.5) is 5.69 Å². The molecule has 2 aromatic rings. The van der Waals surface area contributed by atoms with Gasteiger partial charge in [-0.05, 0) is 61.0 Å². The standard InChI is InChI=1S/C23H27N3O2S/c1-29-19-10-8-17(9-11-19)18-12-15-26(16-13-18)14-4-7-22(27)25-21-6-3-2-5-20(21)23(24)28/h2-3,5-6,8-12H,4,7,13-16H2,1H3,(H2,24,28)(H,25,27). The van der Waals surface area contributed by atoms with Gasteiger partial charge in [0.25, 0.3) is 5.91 Å². The Morgan fingerprint density at radius 3 is 2.55 bits per heavy atom. The number of hydrogen-bond donors (Lipinski definition) is 2. The number of para-hydroxylation sites is 1. The van der Waals surface area contributed by atoms with Gasteiger partial charge in [0.15, 0.2) is 0 Å². The lowest BCUT2D eigenvalue weighted by Crippen LogP contribution is -2.30. The third kappa shape index (κ3) is 5.95. The Bertz CT molecular complexity index is 893. The molecule has 0 radical (unpaired) electrons. The number of carbonyl (C=O) groups is 2. The third-order valence-corrected chi connectivity index (χ3v) is 5.84. The summed E-state index contributed by atoms with van der Waals surface area (Å²) in [6, 6.07) is 15.5. The number of anilines is 1. The Morgan fingerprint density at radius 1 is 1.14 bits per heavy atom. The van der Waals surface area contributed by atoms with Crippen molar-refractivity contribution in [2.75, 3.05) is 31.2 Å². The van der Waals surface area contributed by atoms with Gasteiger partial charge in [-0.2, -0.15) is 0 Å². The van der Waals surface area contributed by atoms with E-state index in [0.717, 1.165) is 32.5 Å². The number of amides is 2. The summed E-state index contributed by atoms with van der Waals surface area (Å²) in [6.45, 7) is 2.79. The van der Waals surface area contributed by atoms with Gasteiger partial charge >= 0.3 is 0 Å². The van der Waals surface area contributed by atoms with Crippen molar-refractivity contribution in [3.63, 3.8) is 0 Å². The summed E-state index contributed by atoms with van der Waals surface area (Å²) in [5.74, 6) is -0.638. The lowest BCUT2D eigenvalue weighted by molar-refractivity contribution is -0.116. The van der Waals surface area contributed by atoms with E-state index in [1.165, 1.54) is 16.0 Å². The zero-order chi connectivity index (χ0) is 20.6. The molecule has 29 heavy (non-hydrogen) atoms. The van der Waals surface area contributed by atoms with Crippen LogP contribution in [-0.4, -0.2) is 42.6 Å². The van der Waals surface area contributed by atoms with Gasteiger partial charge < -0.3 is 11.1 Å². The number of primary amides is 1. The first kappa shape index (κ1) is 21.1. The summed E-state index contributed by atoms with van der Waals surface area (Å²) < 4.78 is 0. The van der Waals surface area contributed by atoms with E-state index in [4.69, 9.17) is 5.73 Å². The van der Waals surface area contributed by atoms with Gasteiger partial charge in [-0.15, -0.1) is 11.8 Å². The van der Waals surface area contributed by atoms with Crippen LogP contribution in [0.3, 0.4) is 0 Å². The highest BCUT2D eigenvalue weighted by atomic mass is 32.2. The number of hydrogen-bond acceptors (Lipinski definition) is 4. The van der Waals surface area contributed by atoms with Crippen LogP contribution in [0.5, 0.6) is 0 Å². The summed E-state index contributed by atoms with van der Waals surface area (Å²) in [6.07, 6.45) is 6.59. The highest BCUT2D eigenvalue weighted by Crippen LogP contribution is 2.25. The van der Waals surface area contributed by atoms with Crippen LogP contribution >= 0.6 is 11.8 Å². The fourth-order valence-corrected chi connectivity index (χ4v) is 3.87. The molecule has 3 N–H and O–H groups in total. The fourth-order valence-electron chi connectivity index (χ4n) is 3.46. The number of nitrogens with zero attached hydrogens (tertiary/aromatic N) is 1. The van der Waals surface area contributed by atoms with Crippen molar-refractivity contribution in [1.29, 1.82) is 0 Å². The molecule has 2 aromatic carbocycles. The average molecular weight is 410 g/mol. The summed E-state index contributed by atoms with van der Waals surface area (Å²) in [5, 5.41) is 2.80. The van der Waals surface area contributed by atoms with E-state index in [1.807, 2.05) is 0 Å². The Labute approximate surface area is 176 Å². The van der Waals surface area contributed by atoms with Crippen molar-refractivity contribution in [3.8, 4) is 0 Å². The van der Waals surface area contributed by atoms with Gasteiger partial charge in [0.2, 0.25) is 5.91 Å². The van der Waals surface area contributed by atoms with Crippen molar-refractivity contribution in [2.45, 2.75) is 24.2 Å². The van der Waals surface area contributed by atoms with Crippen LogP contribution in [0.25, 0.3) is 5.57 Å². The molecule has 0 bridgehead atoms. The molecular weight excluding hydrogens is 382 g/mol. The van der Waals surface area contributed by atoms with E-state index in [2.05, 4.69) is 46.8 Å². The first-order chi connectivity index (χ1) is 14.1. The minimum Gasteiger partial charge on any atom is -0.366 e. The van der Waals surface area contributed by atoms with Gasteiger partial charge in [-0.25, -0.2) is 0 Å². The molecule has 152 valence electrons. The van der Waals surface area contributed by atoms with Crippen LogP contribution in [0.2, 0.25) is 0 Å². The third-order valence-electron chi connectivity index (χ3n) is 5.10. The largest absolute Gasteiger partial charge is 0.366 e. The van der Waals surface area contributed by atoms with E-state index in [-0.39, 0.29) is 5.91 Å². The Balaban J connectivity index is 1.44. The van der Waals surface area contributed by atoms with Crippen LogP contribution < -0.4 is 11.1 Å². The van der Waals surface area contributed by atoms with E-state index in [9.17, 15) is 9.59 Å². The molecule has 0 saturated carbocycles. The van der Waals surface area contributed by atoms with Gasteiger partial charge in [-0.3, -0.25) is 14.5 Å². The second-order valence-corrected chi connectivity index (χ2v) is 7.95. The number of carbonyl (C=O) groups excluding carboxylic acids is 2. The molecule has 6 heteroatoms. The summed E-state index contributed by atoms with van der Waals surface area (Å²) in [4.78, 5) is 27.3. The average Bonchev–Trinajstić information content (AvgIpc) is 2.74. The Kier molecular flexibility index (Phi) is 7.49. The predicted molar refractivity (Wildman–Crippen MR) is 120 cm³/mol. The number of benzene rings is 2. The van der Waals surface area contributed by atoms with Gasteiger partial charge in [0, 0.05) is 24.4 Å². The Morgan fingerprint density at radius 2 is 1.90 bits per heavy atom.